The molecule has 3 aromatic rings. The van der Waals surface area contributed by atoms with Gasteiger partial charge in [0.1, 0.15) is 17.5 Å². The van der Waals surface area contributed by atoms with Gasteiger partial charge in [-0.15, -0.1) is 5.10 Å². The maximum absolute atomic E-state index is 13.5. The van der Waals surface area contributed by atoms with Gasteiger partial charge in [0.2, 0.25) is 17.0 Å². The summed E-state index contributed by atoms with van der Waals surface area (Å²) in [6.45, 7) is 1.80. The number of anilines is 1. The van der Waals surface area contributed by atoms with Crippen LogP contribution in [0.5, 0.6) is 0 Å². The number of amides is 1. The van der Waals surface area contributed by atoms with Crippen LogP contribution in [0.2, 0.25) is 0 Å². The van der Waals surface area contributed by atoms with E-state index in [0.717, 1.165) is 12.1 Å². The van der Waals surface area contributed by atoms with Crippen molar-refractivity contribution in [3.8, 4) is 0 Å². The SMILES string of the molecule is Cc1nc(SCc2noc(CCC(=O)Nc3ccc(F)cc3F)n2)n[nH]1. The quantitative estimate of drug-likeness (QED) is 0.606. The molecule has 0 unspecified atom stereocenters. The second-order valence-corrected chi connectivity index (χ2v) is 6.21. The fourth-order valence-electron chi connectivity index (χ4n) is 1.99. The maximum atomic E-state index is 13.5. The van der Waals surface area contributed by atoms with Crippen LogP contribution in [-0.2, 0) is 17.0 Å². The molecule has 0 atom stereocenters. The van der Waals surface area contributed by atoms with Crippen molar-refractivity contribution in [1.29, 1.82) is 0 Å². The van der Waals surface area contributed by atoms with Crippen molar-refractivity contribution < 1.29 is 18.1 Å². The average molecular weight is 380 g/mol. The first kappa shape index (κ1) is 18.0. The number of aromatic amines is 1. The van der Waals surface area contributed by atoms with Crippen molar-refractivity contribution in [2.75, 3.05) is 5.32 Å². The topological polar surface area (TPSA) is 110 Å². The molecule has 11 heteroatoms. The van der Waals surface area contributed by atoms with Gasteiger partial charge in [-0.2, -0.15) is 4.98 Å². The van der Waals surface area contributed by atoms with Crippen LogP contribution < -0.4 is 5.32 Å². The zero-order valence-electron chi connectivity index (χ0n) is 13.6. The Balaban J connectivity index is 1.47. The Hall–Kier alpha value is -2.82. The van der Waals surface area contributed by atoms with Crippen molar-refractivity contribution in [2.24, 2.45) is 0 Å². The number of rotatable bonds is 7. The van der Waals surface area contributed by atoms with E-state index in [1.165, 1.54) is 11.8 Å². The molecule has 2 N–H and O–H groups in total. The first-order valence-electron chi connectivity index (χ1n) is 7.58. The molecule has 0 bridgehead atoms. The zero-order chi connectivity index (χ0) is 18.5. The van der Waals surface area contributed by atoms with Gasteiger partial charge in [-0.1, -0.05) is 16.9 Å². The molecule has 1 amide bonds. The molecule has 26 heavy (non-hydrogen) atoms. The summed E-state index contributed by atoms with van der Waals surface area (Å²) in [7, 11) is 0. The van der Waals surface area contributed by atoms with Crippen molar-refractivity contribution in [1.82, 2.24) is 25.3 Å². The normalized spacial score (nSPS) is 10.9. The fraction of sp³-hybridized carbons (Fsp3) is 0.267. The molecule has 8 nitrogen and oxygen atoms in total. The lowest BCUT2D eigenvalue weighted by Crippen LogP contribution is -2.13. The third kappa shape index (κ3) is 4.85. The van der Waals surface area contributed by atoms with E-state index in [-0.39, 0.29) is 18.5 Å². The predicted molar refractivity (Wildman–Crippen MR) is 88.3 cm³/mol. The Morgan fingerprint density at radius 2 is 2.19 bits per heavy atom. The van der Waals surface area contributed by atoms with Crippen LogP contribution in [0.4, 0.5) is 14.5 Å². The molecule has 2 heterocycles. The molecule has 0 saturated heterocycles. The molecule has 0 aliphatic rings. The summed E-state index contributed by atoms with van der Waals surface area (Å²) >= 11 is 1.35. The number of hydrogen-bond acceptors (Lipinski definition) is 7. The number of H-pyrrole nitrogens is 1. The van der Waals surface area contributed by atoms with E-state index in [1.807, 2.05) is 0 Å². The lowest BCUT2D eigenvalue weighted by atomic mass is 10.2. The summed E-state index contributed by atoms with van der Waals surface area (Å²) in [5.41, 5.74) is -0.0826. The van der Waals surface area contributed by atoms with Crippen LogP contribution in [0.3, 0.4) is 0 Å². The van der Waals surface area contributed by atoms with Crippen molar-refractivity contribution in [3.05, 3.63) is 47.4 Å². The molecule has 0 aliphatic heterocycles. The number of aryl methyl sites for hydroxylation is 2. The van der Waals surface area contributed by atoms with E-state index < -0.39 is 17.5 Å². The molecular weight excluding hydrogens is 366 g/mol. The molecule has 0 radical (unpaired) electrons. The van der Waals surface area contributed by atoms with E-state index in [4.69, 9.17) is 4.52 Å². The Bertz CT molecular complexity index is 913. The van der Waals surface area contributed by atoms with Gasteiger partial charge in [0.15, 0.2) is 5.82 Å². The first-order valence-corrected chi connectivity index (χ1v) is 8.56. The highest BCUT2D eigenvalue weighted by atomic mass is 32.2. The van der Waals surface area contributed by atoms with Crippen molar-refractivity contribution in [2.45, 2.75) is 30.7 Å². The summed E-state index contributed by atoms with van der Waals surface area (Å²) in [4.78, 5) is 20.2. The Labute approximate surface area is 150 Å². The molecule has 136 valence electrons. The van der Waals surface area contributed by atoms with E-state index >= 15 is 0 Å². The molecule has 0 fully saturated rings. The third-order valence-electron chi connectivity index (χ3n) is 3.19. The van der Waals surface area contributed by atoms with E-state index in [9.17, 15) is 13.6 Å². The Kier molecular flexibility index (Phi) is 5.56. The highest BCUT2D eigenvalue weighted by molar-refractivity contribution is 7.98. The van der Waals surface area contributed by atoms with Gasteiger partial charge in [-0.3, -0.25) is 9.89 Å². The van der Waals surface area contributed by atoms with Crippen LogP contribution in [-0.4, -0.2) is 31.2 Å². The summed E-state index contributed by atoms with van der Waals surface area (Å²) < 4.78 is 31.4. The van der Waals surface area contributed by atoms with Crippen molar-refractivity contribution in [3.63, 3.8) is 0 Å². The number of thioether (sulfide) groups is 1. The Morgan fingerprint density at radius 1 is 1.35 bits per heavy atom. The van der Waals surface area contributed by atoms with E-state index in [1.54, 1.807) is 6.92 Å². The molecule has 1 aromatic carbocycles. The number of hydrogen-bond donors (Lipinski definition) is 2. The van der Waals surface area contributed by atoms with Crippen LogP contribution in [0.1, 0.15) is 24.0 Å². The Morgan fingerprint density at radius 3 is 2.92 bits per heavy atom. The molecular formula is C15H14F2N6O2S. The number of halogens is 2. The predicted octanol–water partition coefficient (Wildman–Crippen LogP) is 2.64. The highest BCUT2D eigenvalue weighted by Crippen LogP contribution is 2.18. The molecule has 0 spiro atoms. The minimum Gasteiger partial charge on any atom is -0.339 e. The van der Waals surface area contributed by atoms with Crippen LogP contribution in [0, 0.1) is 18.6 Å². The van der Waals surface area contributed by atoms with Gasteiger partial charge in [0, 0.05) is 18.9 Å². The summed E-state index contributed by atoms with van der Waals surface area (Å²) in [5, 5.41) is 13.5. The van der Waals surface area contributed by atoms with Gasteiger partial charge >= 0.3 is 0 Å². The van der Waals surface area contributed by atoms with Crippen LogP contribution >= 0.6 is 11.8 Å². The van der Waals surface area contributed by atoms with Gasteiger partial charge in [0.25, 0.3) is 0 Å². The summed E-state index contributed by atoms with van der Waals surface area (Å²) in [6.07, 6.45) is 0.220. The monoisotopic (exact) mass is 380 g/mol. The standard InChI is InChI=1S/C15H14F2N6O2S/c1-8-18-15(22-21-8)26-7-12-20-14(25-23-12)5-4-13(24)19-11-3-2-9(16)6-10(11)17/h2-3,6H,4-5,7H2,1H3,(H,19,24)(H,18,21,22). The zero-order valence-corrected chi connectivity index (χ0v) is 14.4. The maximum Gasteiger partial charge on any atom is 0.227 e. The lowest BCUT2D eigenvalue weighted by molar-refractivity contribution is -0.116. The fourth-order valence-corrected chi connectivity index (χ4v) is 2.68. The largest absolute Gasteiger partial charge is 0.339 e. The van der Waals surface area contributed by atoms with E-state index in [2.05, 4.69) is 30.6 Å². The second-order valence-electron chi connectivity index (χ2n) is 5.27. The van der Waals surface area contributed by atoms with Crippen molar-refractivity contribution >= 4 is 23.4 Å². The molecule has 0 aliphatic carbocycles. The number of nitrogens with zero attached hydrogens (tertiary/aromatic N) is 4. The smallest absolute Gasteiger partial charge is 0.227 e. The van der Waals surface area contributed by atoms with E-state index in [0.29, 0.717) is 34.5 Å². The highest BCUT2D eigenvalue weighted by Gasteiger charge is 2.12. The second kappa shape index (κ2) is 8.04. The third-order valence-corrected chi connectivity index (χ3v) is 4.03. The number of nitrogens with one attached hydrogen (secondary N) is 2. The minimum absolute atomic E-state index is 0.0196. The number of aromatic nitrogens is 5. The molecule has 0 saturated carbocycles. The summed E-state index contributed by atoms with van der Waals surface area (Å²) in [5.74, 6) is -0.104. The molecule has 2 aromatic heterocycles. The van der Waals surface area contributed by atoms with Gasteiger partial charge in [0.05, 0.1) is 11.4 Å². The van der Waals surface area contributed by atoms with Crippen LogP contribution in [0.25, 0.3) is 0 Å². The lowest BCUT2D eigenvalue weighted by Gasteiger charge is -2.05. The number of carbonyl (C=O) groups is 1. The van der Waals surface area contributed by atoms with Gasteiger partial charge in [-0.05, 0) is 19.1 Å². The summed E-state index contributed by atoms with van der Waals surface area (Å²) in [6, 6.07) is 2.93. The number of carbonyl (C=O) groups excluding carboxylic acids is 1. The first-order chi connectivity index (χ1) is 12.5. The van der Waals surface area contributed by atoms with Gasteiger partial charge < -0.3 is 9.84 Å². The van der Waals surface area contributed by atoms with Gasteiger partial charge in [-0.25, -0.2) is 13.8 Å². The average Bonchev–Trinajstić information content (AvgIpc) is 3.22. The minimum atomic E-state index is -0.835. The van der Waals surface area contributed by atoms with Crippen LogP contribution in [0.15, 0.2) is 27.9 Å². The number of benzene rings is 1. The molecule has 3 rings (SSSR count).